The lowest BCUT2D eigenvalue weighted by atomic mass is 9.50. The minimum absolute atomic E-state index is 0.116. The first kappa shape index (κ1) is 16.5. The Morgan fingerprint density at radius 1 is 0.706 bits per heavy atom. The molecule has 0 aromatic heterocycles. The van der Waals surface area contributed by atoms with Crippen molar-refractivity contribution in [1.82, 2.24) is 0 Å². The summed E-state index contributed by atoms with van der Waals surface area (Å²) in [4.78, 5) is 0. The highest BCUT2D eigenvalue weighted by atomic mass is 14.5. The summed E-state index contributed by atoms with van der Waals surface area (Å²) in [7, 11) is 0. The van der Waals surface area contributed by atoms with E-state index in [1.54, 1.807) is 0 Å². The van der Waals surface area contributed by atoms with Crippen molar-refractivity contribution in [3.63, 3.8) is 0 Å². The summed E-state index contributed by atoms with van der Waals surface area (Å²) in [6.07, 6.45) is 0. The summed E-state index contributed by atoms with van der Waals surface area (Å²) in [5.74, 6) is 0. The van der Waals surface area contributed by atoms with E-state index < -0.39 is 0 Å². The third-order valence-electron chi connectivity index (χ3n) is 4.43. The predicted molar refractivity (Wildman–Crippen MR) is 80.2 cm³/mol. The van der Waals surface area contributed by atoms with E-state index >= 15 is 0 Å². The van der Waals surface area contributed by atoms with Crippen LogP contribution in [0.3, 0.4) is 0 Å². The van der Waals surface area contributed by atoms with Crippen LogP contribution in [-0.4, -0.2) is 0 Å². The molecular weight excluding hydrogens is 204 g/mol. The van der Waals surface area contributed by atoms with Crippen LogP contribution < -0.4 is 0 Å². The van der Waals surface area contributed by atoms with Crippen LogP contribution in [0.2, 0.25) is 0 Å². The van der Waals surface area contributed by atoms with Crippen molar-refractivity contribution >= 4 is 0 Å². The summed E-state index contributed by atoms with van der Waals surface area (Å²) in [6, 6.07) is 0. The first-order chi connectivity index (χ1) is 7.26. The lowest BCUT2D eigenvalue weighted by Gasteiger charge is -2.54. The molecule has 0 fully saturated rings. The van der Waals surface area contributed by atoms with E-state index in [-0.39, 0.29) is 16.2 Å². The highest BCUT2D eigenvalue weighted by Gasteiger charge is 2.49. The SMILES string of the molecule is C=C(C)C(=C(C)C)C(C)(C(C)(C)C)C(C)(C)C. The highest BCUT2D eigenvalue weighted by molar-refractivity contribution is 5.39. The molecule has 0 aromatic rings. The minimum Gasteiger partial charge on any atom is -0.0958 e. The predicted octanol–water partition coefficient (Wildman–Crippen LogP) is 6.00. The van der Waals surface area contributed by atoms with Crippen molar-refractivity contribution < 1.29 is 0 Å². The van der Waals surface area contributed by atoms with Crippen LogP contribution in [0.15, 0.2) is 23.3 Å². The summed E-state index contributed by atoms with van der Waals surface area (Å²) in [6.45, 7) is 27.2. The fourth-order valence-corrected chi connectivity index (χ4v) is 3.23. The molecular formula is C17H32. The van der Waals surface area contributed by atoms with E-state index in [9.17, 15) is 0 Å². The Morgan fingerprint density at radius 2 is 1.00 bits per heavy atom. The van der Waals surface area contributed by atoms with E-state index in [1.165, 1.54) is 16.7 Å². The smallest absolute Gasteiger partial charge is 0.00234 e. The molecule has 0 amide bonds. The Hall–Kier alpha value is -0.520. The van der Waals surface area contributed by atoms with Crippen molar-refractivity contribution in [1.29, 1.82) is 0 Å². The maximum Gasteiger partial charge on any atom is 0.00234 e. The van der Waals surface area contributed by atoms with Crippen LogP contribution in [0.25, 0.3) is 0 Å². The van der Waals surface area contributed by atoms with E-state index in [4.69, 9.17) is 0 Å². The minimum atomic E-state index is 0.116. The molecule has 0 nitrogen and oxygen atoms in total. The van der Waals surface area contributed by atoms with Gasteiger partial charge >= 0.3 is 0 Å². The van der Waals surface area contributed by atoms with Crippen molar-refractivity contribution in [3.8, 4) is 0 Å². The van der Waals surface area contributed by atoms with Crippen LogP contribution in [-0.2, 0) is 0 Å². The van der Waals surface area contributed by atoms with Gasteiger partial charge in [0, 0.05) is 5.41 Å². The Balaban J connectivity index is 6.20. The lowest BCUT2D eigenvalue weighted by Crippen LogP contribution is -2.46. The standard InChI is InChI=1S/C17H32/c1-12(2)14(13(3)4)17(11,15(5,6)7)16(8,9)10/h1H2,2-11H3. The van der Waals surface area contributed by atoms with Crippen molar-refractivity contribution in [2.24, 2.45) is 16.2 Å². The van der Waals surface area contributed by atoms with Gasteiger partial charge in [0.1, 0.15) is 0 Å². The molecule has 0 heterocycles. The van der Waals surface area contributed by atoms with Crippen molar-refractivity contribution in [2.75, 3.05) is 0 Å². The van der Waals surface area contributed by atoms with Crippen LogP contribution in [0.5, 0.6) is 0 Å². The molecule has 0 rings (SSSR count). The maximum atomic E-state index is 4.21. The van der Waals surface area contributed by atoms with E-state index in [2.05, 4.69) is 75.8 Å². The topological polar surface area (TPSA) is 0 Å². The summed E-state index contributed by atoms with van der Waals surface area (Å²) < 4.78 is 0. The Bertz CT molecular complexity index is 308. The van der Waals surface area contributed by atoms with E-state index in [0.29, 0.717) is 0 Å². The van der Waals surface area contributed by atoms with Gasteiger partial charge in [0.25, 0.3) is 0 Å². The number of hydrogen-bond acceptors (Lipinski definition) is 0. The molecule has 0 spiro atoms. The molecule has 0 aliphatic carbocycles. The molecule has 0 heteroatoms. The number of hydrogen-bond donors (Lipinski definition) is 0. The van der Waals surface area contributed by atoms with Gasteiger partial charge in [-0.25, -0.2) is 0 Å². The number of allylic oxidation sites excluding steroid dienone is 3. The van der Waals surface area contributed by atoms with Crippen LogP contribution in [0.4, 0.5) is 0 Å². The van der Waals surface area contributed by atoms with Crippen LogP contribution in [0, 0.1) is 16.2 Å². The molecule has 0 N–H and O–H groups in total. The monoisotopic (exact) mass is 236 g/mol. The van der Waals surface area contributed by atoms with Gasteiger partial charge in [-0.1, -0.05) is 66.2 Å². The molecule has 0 unspecified atom stereocenters. The van der Waals surface area contributed by atoms with Gasteiger partial charge in [-0.05, 0) is 37.2 Å². The Kier molecular flexibility index (Phi) is 4.49. The van der Waals surface area contributed by atoms with Gasteiger partial charge in [0.15, 0.2) is 0 Å². The van der Waals surface area contributed by atoms with Gasteiger partial charge in [0.05, 0.1) is 0 Å². The van der Waals surface area contributed by atoms with E-state index in [1.807, 2.05) is 0 Å². The second-order valence-electron chi connectivity index (χ2n) is 7.78. The lowest BCUT2D eigenvalue weighted by molar-refractivity contribution is 0.0255. The zero-order valence-corrected chi connectivity index (χ0v) is 13.7. The molecule has 0 radical (unpaired) electrons. The summed E-state index contributed by atoms with van der Waals surface area (Å²) in [5.41, 5.74) is 4.57. The zero-order chi connectivity index (χ0) is 14.2. The van der Waals surface area contributed by atoms with Crippen LogP contribution in [0.1, 0.15) is 69.2 Å². The normalized spacial score (nSPS) is 13.5. The third kappa shape index (κ3) is 2.84. The second kappa shape index (κ2) is 4.63. The van der Waals surface area contributed by atoms with Crippen LogP contribution >= 0.6 is 0 Å². The van der Waals surface area contributed by atoms with Gasteiger partial charge in [-0.3, -0.25) is 0 Å². The molecule has 0 aromatic carbocycles. The van der Waals surface area contributed by atoms with E-state index in [0.717, 1.165) is 0 Å². The molecule has 0 aliphatic heterocycles. The Labute approximate surface area is 109 Å². The van der Waals surface area contributed by atoms with Gasteiger partial charge in [-0.2, -0.15) is 0 Å². The van der Waals surface area contributed by atoms with Crippen molar-refractivity contribution in [3.05, 3.63) is 23.3 Å². The van der Waals surface area contributed by atoms with Crippen molar-refractivity contribution in [2.45, 2.75) is 69.2 Å². The second-order valence-corrected chi connectivity index (χ2v) is 7.78. The van der Waals surface area contributed by atoms with Gasteiger partial charge < -0.3 is 0 Å². The molecule has 0 saturated carbocycles. The quantitative estimate of drug-likeness (QED) is 0.516. The third-order valence-corrected chi connectivity index (χ3v) is 4.43. The fraction of sp³-hybridized carbons (Fsp3) is 0.765. The highest BCUT2D eigenvalue weighted by Crippen LogP contribution is 2.58. The van der Waals surface area contributed by atoms with Gasteiger partial charge in [0.2, 0.25) is 0 Å². The average molecular weight is 236 g/mol. The first-order valence-corrected chi connectivity index (χ1v) is 6.60. The van der Waals surface area contributed by atoms with Gasteiger partial charge in [-0.15, -0.1) is 0 Å². The molecule has 0 saturated heterocycles. The largest absolute Gasteiger partial charge is 0.0958 e. The molecule has 0 aliphatic rings. The fourth-order valence-electron chi connectivity index (χ4n) is 3.23. The maximum absolute atomic E-state index is 4.21. The summed E-state index contributed by atoms with van der Waals surface area (Å²) in [5, 5.41) is 0. The first-order valence-electron chi connectivity index (χ1n) is 6.60. The summed E-state index contributed by atoms with van der Waals surface area (Å²) >= 11 is 0. The molecule has 100 valence electrons. The molecule has 0 atom stereocenters. The Morgan fingerprint density at radius 3 is 1.06 bits per heavy atom. The molecule has 17 heavy (non-hydrogen) atoms. The zero-order valence-electron chi connectivity index (χ0n) is 13.7. The average Bonchev–Trinajstić information content (AvgIpc) is 1.97. The number of rotatable bonds is 2. The molecule has 0 bridgehead atoms.